The summed E-state index contributed by atoms with van der Waals surface area (Å²) in [6.45, 7) is 5.05. The van der Waals surface area contributed by atoms with E-state index in [1.165, 1.54) is 48.0 Å². The van der Waals surface area contributed by atoms with Gasteiger partial charge in [0.2, 0.25) is 5.88 Å². The van der Waals surface area contributed by atoms with Crippen molar-refractivity contribution < 1.29 is 51.2 Å². The summed E-state index contributed by atoms with van der Waals surface area (Å²) in [7, 11) is 2.09. The number of para-hydroxylation sites is 1. The maximum absolute atomic E-state index is 14.3. The highest BCUT2D eigenvalue weighted by atomic mass is 35.5. The number of carbonyl (C=O) groups excluding carboxylic acids is 1. The zero-order valence-corrected chi connectivity index (χ0v) is 32.8. The lowest BCUT2D eigenvalue weighted by molar-refractivity contribution is -0.236. The Morgan fingerprint density at radius 1 is 1.10 bits per heavy atom. The summed E-state index contributed by atoms with van der Waals surface area (Å²) in [6, 6.07) is 11.2. The van der Waals surface area contributed by atoms with Gasteiger partial charge in [-0.3, -0.25) is 14.7 Å². The van der Waals surface area contributed by atoms with Gasteiger partial charge in [-0.2, -0.15) is 17.6 Å². The predicted molar refractivity (Wildman–Crippen MR) is 210 cm³/mol. The van der Waals surface area contributed by atoms with Crippen LogP contribution in [-0.4, -0.2) is 113 Å². The molecule has 0 aliphatic carbocycles. The lowest BCUT2D eigenvalue weighted by Gasteiger charge is -2.32. The third kappa shape index (κ3) is 10.1. The summed E-state index contributed by atoms with van der Waals surface area (Å²) in [5, 5.41) is 22.1. The number of likely N-dealkylation sites (N-methyl/N-ethyl adjacent to an activating group) is 1. The van der Waals surface area contributed by atoms with Crippen LogP contribution in [0, 0.1) is 12.9 Å². The van der Waals surface area contributed by atoms with E-state index in [-0.39, 0.29) is 29.4 Å². The first-order chi connectivity index (χ1) is 27.7. The number of carbonyl (C=O) groups is 1. The Bertz CT molecular complexity index is 2290. The molecule has 13 nitrogen and oxygen atoms in total. The smallest absolute Gasteiger partial charge is 0.407 e. The molecule has 1 atom stereocenters. The summed E-state index contributed by atoms with van der Waals surface area (Å²) in [6.07, 6.45) is -3.02. The summed E-state index contributed by atoms with van der Waals surface area (Å²) in [5.74, 6) is -2.92. The van der Waals surface area contributed by atoms with Crippen LogP contribution in [0.2, 0.25) is 5.02 Å². The zero-order valence-electron chi connectivity index (χ0n) is 31.2. The topological polar surface area (TPSA) is 169 Å². The van der Waals surface area contributed by atoms with Crippen LogP contribution in [0.4, 0.5) is 17.6 Å². The molecule has 2 aromatic carbocycles. The Morgan fingerprint density at radius 2 is 1.86 bits per heavy atom. The molecule has 1 saturated heterocycles. The summed E-state index contributed by atoms with van der Waals surface area (Å²) >= 11 is 8.11. The van der Waals surface area contributed by atoms with Crippen molar-refractivity contribution in [2.75, 3.05) is 52.9 Å². The lowest BCUT2D eigenvalue weighted by Crippen LogP contribution is -2.45. The number of fused-ring (bicyclic) bond motifs is 1. The van der Waals surface area contributed by atoms with Crippen molar-refractivity contribution in [3.63, 3.8) is 0 Å². The van der Waals surface area contributed by atoms with E-state index in [0.717, 1.165) is 45.0 Å². The average Bonchev–Trinajstić information content (AvgIpc) is 3.79. The SMILES string of the molecule is Cc1c(-c2c(-c3ccc(F)o3)sc3ncnc(OC(C=O)Cc4ccccc4OC(O)(O)C(C=CN)=NCC(F)(F)F)c23)ccc(OCCN2CCN(C)CC2)c1Cl. The van der Waals surface area contributed by atoms with Crippen molar-refractivity contribution in [2.45, 2.75) is 31.6 Å². The fourth-order valence-corrected chi connectivity index (χ4v) is 7.58. The molecule has 19 heteroatoms. The molecule has 6 rings (SSSR count). The summed E-state index contributed by atoms with van der Waals surface area (Å²) in [5.41, 5.74) is 6.31. The fourth-order valence-electron chi connectivity index (χ4n) is 6.25. The van der Waals surface area contributed by atoms with E-state index in [4.69, 9.17) is 36.0 Å². The second-order valence-corrected chi connectivity index (χ2v) is 14.7. The van der Waals surface area contributed by atoms with Crippen LogP contribution < -0.4 is 19.9 Å². The molecule has 0 bridgehead atoms. The number of nitrogens with zero attached hydrogens (tertiary/aromatic N) is 5. The molecule has 0 radical (unpaired) electrons. The van der Waals surface area contributed by atoms with E-state index in [9.17, 15) is 32.6 Å². The molecule has 308 valence electrons. The minimum absolute atomic E-state index is 0.0265. The zero-order chi connectivity index (χ0) is 41.6. The van der Waals surface area contributed by atoms with E-state index < -0.39 is 36.5 Å². The van der Waals surface area contributed by atoms with Gasteiger partial charge in [0.05, 0.1) is 15.3 Å². The molecule has 5 aromatic rings. The number of hydrogen-bond donors (Lipinski definition) is 3. The van der Waals surface area contributed by atoms with E-state index >= 15 is 0 Å². The third-order valence-electron chi connectivity index (χ3n) is 9.21. The number of benzene rings is 2. The van der Waals surface area contributed by atoms with Crippen molar-refractivity contribution in [3.8, 4) is 39.1 Å². The minimum Gasteiger partial charge on any atom is -0.491 e. The summed E-state index contributed by atoms with van der Waals surface area (Å²) in [4.78, 5) is 30.1. The number of furan rings is 1. The Labute approximate surface area is 338 Å². The molecule has 1 aliphatic rings. The van der Waals surface area contributed by atoms with Gasteiger partial charge >= 0.3 is 12.1 Å². The van der Waals surface area contributed by atoms with Gasteiger partial charge in [0, 0.05) is 50.8 Å². The third-order valence-corrected chi connectivity index (χ3v) is 10.8. The molecular weight excluding hydrogens is 808 g/mol. The number of ether oxygens (including phenoxy) is 3. The molecule has 0 saturated carbocycles. The van der Waals surface area contributed by atoms with Crippen LogP contribution in [0.1, 0.15) is 11.1 Å². The molecule has 58 heavy (non-hydrogen) atoms. The molecule has 4 N–H and O–H groups in total. The van der Waals surface area contributed by atoms with E-state index in [1.807, 2.05) is 0 Å². The van der Waals surface area contributed by atoms with Crippen molar-refractivity contribution in [1.29, 1.82) is 0 Å². The van der Waals surface area contributed by atoms with E-state index in [2.05, 4.69) is 31.8 Å². The molecule has 1 unspecified atom stereocenters. The first-order valence-corrected chi connectivity index (χ1v) is 19.1. The maximum atomic E-state index is 14.3. The monoisotopic (exact) mass is 846 g/mol. The maximum Gasteiger partial charge on any atom is 0.407 e. The first kappa shape index (κ1) is 42.5. The molecule has 3 aromatic heterocycles. The highest BCUT2D eigenvalue weighted by Gasteiger charge is 2.36. The van der Waals surface area contributed by atoms with Crippen LogP contribution in [-0.2, 0) is 11.2 Å². The standard InChI is InChI=1S/C39H39ClF4N6O7S/c1-23-26(7-8-28(34(23)40)54-18-17-50-15-13-49(2)14-16-50)32-33-36(47-22-48-37(33)58-35(32)29-9-10-31(41)56-29)55-25(20-51)19-24-5-3-4-6-27(24)57-39(52,53)30(11-12-45)46-21-38(42,43)44/h3-12,20,22,25,52-53H,13-19,21,45H2,1-2H3. The largest absolute Gasteiger partial charge is 0.491 e. The van der Waals surface area contributed by atoms with Crippen LogP contribution >= 0.6 is 22.9 Å². The molecule has 1 fully saturated rings. The van der Waals surface area contributed by atoms with Crippen LogP contribution in [0.5, 0.6) is 17.4 Å². The van der Waals surface area contributed by atoms with E-state index in [1.54, 1.807) is 25.1 Å². The van der Waals surface area contributed by atoms with Crippen molar-refractivity contribution >= 4 is 45.2 Å². The average molecular weight is 847 g/mol. The quantitative estimate of drug-likeness (QED) is 0.0458. The van der Waals surface area contributed by atoms with Gasteiger partial charge in [0.25, 0.3) is 6.01 Å². The van der Waals surface area contributed by atoms with Gasteiger partial charge in [-0.25, -0.2) is 9.97 Å². The normalized spacial score (nSPS) is 15.3. The molecule has 0 spiro atoms. The Morgan fingerprint density at radius 3 is 2.55 bits per heavy atom. The van der Waals surface area contributed by atoms with Crippen molar-refractivity contribution in [1.82, 2.24) is 19.8 Å². The van der Waals surface area contributed by atoms with Gasteiger partial charge in [0.1, 0.15) is 47.3 Å². The number of rotatable bonds is 16. The van der Waals surface area contributed by atoms with Crippen LogP contribution in [0.15, 0.2) is 76.5 Å². The second kappa shape index (κ2) is 18.2. The molecular formula is C39H39ClF4N6O7S. The molecule has 1 aliphatic heterocycles. The second-order valence-electron chi connectivity index (χ2n) is 13.3. The fraction of sp³-hybridized carbons (Fsp3) is 0.333. The number of piperazine rings is 1. The lowest BCUT2D eigenvalue weighted by atomic mass is 9.97. The van der Waals surface area contributed by atoms with Crippen LogP contribution in [0.3, 0.4) is 0 Å². The van der Waals surface area contributed by atoms with Gasteiger partial charge in [-0.15, -0.1) is 11.3 Å². The van der Waals surface area contributed by atoms with Crippen LogP contribution in [0.25, 0.3) is 32.0 Å². The minimum atomic E-state index is -4.76. The number of halogens is 5. The number of nitrogens with two attached hydrogens (primary N) is 1. The number of aliphatic imine (C=N–C) groups is 1. The number of alkyl halides is 3. The highest BCUT2D eigenvalue weighted by Crippen LogP contribution is 2.49. The predicted octanol–water partition coefficient (Wildman–Crippen LogP) is 6.03. The first-order valence-electron chi connectivity index (χ1n) is 17.9. The van der Waals surface area contributed by atoms with Crippen molar-refractivity contribution in [3.05, 3.63) is 89.3 Å². The number of aromatic nitrogens is 2. The molecule has 4 heterocycles. The summed E-state index contributed by atoms with van der Waals surface area (Å²) < 4.78 is 76.1. The Balaban J connectivity index is 1.32. The van der Waals surface area contributed by atoms with Gasteiger partial charge in [-0.05, 0) is 61.1 Å². The number of aldehydes is 1. The van der Waals surface area contributed by atoms with Gasteiger partial charge < -0.3 is 39.5 Å². The Hall–Kier alpha value is -5.11. The van der Waals surface area contributed by atoms with Gasteiger partial charge in [0.15, 0.2) is 12.4 Å². The number of hydrogen-bond acceptors (Lipinski definition) is 14. The van der Waals surface area contributed by atoms with E-state index in [0.29, 0.717) is 55.4 Å². The molecule has 0 amide bonds. The Kier molecular flexibility index (Phi) is 13.3. The number of aliphatic hydroxyl groups is 2. The van der Waals surface area contributed by atoms with Gasteiger partial charge in [-0.1, -0.05) is 35.9 Å². The van der Waals surface area contributed by atoms with Crippen molar-refractivity contribution in [2.24, 2.45) is 10.7 Å². The number of thiophene rings is 1. The highest BCUT2D eigenvalue weighted by molar-refractivity contribution is 7.22.